The molecule has 1 saturated heterocycles. The lowest BCUT2D eigenvalue weighted by molar-refractivity contribution is -0.333. The molecule has 0 atom stereocenters. The van der Waals surface area contributed by atoms with Crippen molar-refractivity contribution in [2.75, 3.05) is 48.0 Å². The average Bonchev–Trinajstić information content (AvgIpc) is 3.53. The smallest absolute Gasteiger partial charge is 0.351 e. The van der Waals surface area contributed by atoms with E-state index in [0.29, 0.717) is 37.9 Å². The zero-order valence-corrected chi connectivity index (χ0v) is 20.4. The van der Waals surface area contributed by atoms with E-state index in [1.807, 2.05) is 54.7 Å². The van der Waals surface area contributed by atoms with Crippen LogP contribution in [0.1, 0.15) is 0 Å². The van der Waals surface area contributed by atoms with E-state index in [0.717, 1.165) is 39.0 Å². The van der Waals surface area contributed by atoms with E-state index in [1.54, 1.807) is 6.20 Å². The molecule has 1 aliphatic heterocycles. The summed E-state index contributed by atoms with van der Waals surface area (Å²) in [5, 5.41) is 15.8. The first-order chi connectivity index (χ1) is 17.4. The Morgan fingerprint density at radius 1 is 0.972 bits per heavy atom. The highest BCUT2D eigenvalue weighted by Gasteiger charge is 2.23. The summed E-state index contributed by atoms with van der Waals surface area (Å²) in [6, 6.07) is 16.0. The molecule has 12 heteroatoms. The van der Waals surface area contributed by atoms with Gasteiger partial charge in [0.2, 0.25) is 21.5 Å². The summed E-state index contributed by atoms with van der Waals surface area (Å²) in [5.74, 6) is 1.30. The predicted molar refractivity (Wildman–Crippen MR) is 140 cm³/mol. The first-order valence-electron chi connectivity index (χ1n) is 11.6. The number of anilines is 5. The summed E-state index contributed by atoms with van der Waals surface area (Å²) in [6.07, 6.45) is 4.92. The van der Waals surface area contributed by atoms with Crippen LogP contribution in [0.25, 0.3) is 21.9 Å². The molecule has 11 nitrogen and oxygen atoms in total. The fourth-order valence-electron chi connectivity index (χ4n) is 4.46. The lowest BCUT2D eigenvalue weighted by Crippen LogP contribution is -2.48. The second-order valence-electron chi connectivity index (χ2n) is 8.82. The third-order valence-electron chi connectivity index (χ3n) is 6.38. The molecular formula is C24H26N9O2S+. The number of sulfonamides is 1. The number of rotatable bonds is 6. The molecule has 4 heterocycles. The molecule has 3 aromatic heterocycles. The van der Waals surface area contributed by atoms with Crippen LogP contribution in [-0.2, 0) is 10.0 Å². The minimum atomic E-state index is -3.14. The SMILES string of the molecule is CS(=O)(=O)N1CCN(c2ccc(Nc3nc(Nc4ccc5cn[nH]c5c4)c4cc[nH]c4[nH+]3)cc2)CC1. The second-order valence-corrected chi connectivity index (χ2v) is 10.8. The maximum absolute atomic E-state index is 11.8. The van der Waals surface area contributed by atoms with E-state index in [9.17, 15) is 8.42 Å². The van der Waals surface area contributed by atoms with Gasteiger partial charge in [0.1, 0.15) is 0 Å². The summed E-state index contributed by atoms with van der Waals surface area (Å²) >= 11 is 0. The minimum absolute atomic E-state index is 0.497. The largest absolute Gasteiger partial charge is 0.369 e. The van der Waals surface area contributed by atoms with Gasteiger partial charge in [-0.1, -0.05) is 4.98 Å². The van der Waals surface area contributed by atoms with Gasteiger partial charge in [0.05, 0.1) is 29.0 Å². The number of hydrogen-bond acceptors (Lipinski definition) is 7. The monoisotopic (exact) mass is 504 g/mol. The number of H-pyrrole nitrogens is 3. The van der Waals surface area contributed by atoms with Crippen LogP contribution in [0.5, 0.6) is 0 Å². The lowest BCUT2D eigenvalue weighted by atomic mass is 10.2. The van der Waals surface area contributed by atoms with Crippen molar-refractivity contribution in [1.82, 2.24) is 24.5 Å². The molecule has 1 aliphatic rings. The van der Waals surface area contributed by atoms with Crippen molar-refractivity contribution in [3.05, 3.63) is 60.9 Å². The zero-order chi connectivity index (χ0) is 24.7. The van der Waals surface area contributed by atoms with Gasteiger partial charge in [0.25, 0.3) is 0 Å². The molecule has 1 fully saturated rings. The number of nitrogens with zero attached hydrogens (tertiary/aromatic N) is 4. The van der Waals surface area contributed by atoms with Crippen LogP contribution in [0.2, 0.25) is 0 Å². The molecule has 5 aromatic rings. The van der Waals surface area contributed by atoms with Crippen LogP contribution < -0.4 is 20.5 Å². The van der Waals surface area contributed by atoms with Gasteiger partial charge in [-0.25, -0.2) is 13.4 Å². The summed E-state index contributed by atoms with van der Waals surface area (Å²) in [6.45, 7) is 2.32. The molecule has 6 rings (SSSR count). The Morgan fingerprint density at radius 2 is 1.75 bits per heavy atom. The van der Waals surface area contributed by atoms with Crippen LogP contribution in [0.3, 0.4) is 0 Å². The van der Waals surface area contributed by atoms with Gasteiger partial charge >= 0.3 is 5.95 Å². The molecule has 0 saturated carbocycles. The summed E-state index contributed by atoms with van der Waals surface area (Å²) in [5.41, 5.74) is 4.64. The molecular weight excluding hydrogens is 478 g/mol. The van der Waals surface area contributed by atoms with Crippen molar-refractivity contribution in [2.24, 2.45) is 0 Å². The quantitative estimate of drug-likeness (QED) is 0.279. The molecule has 36 heavy (non-hydrogen) atoms. The van der Waals surface area contributed by atoms with E-state index < -0.39 is 10.0 Å². The van der Waals surface area contributed by atoms with E-state index in [1.165, 1.54) is 10.6 Å². The first-order valence-corrected chi connectivity index (χ1v) is 13.4. The van der Waals surface area contributed by atoms with Crippen molar-refractivity contribution in [3.63, 3.8) is 0 Å². The molecule has 2 aromatic carbocycles. The van der Waals surface area contributed by atoms with E-state index in [4.69, 9.17) is 4.98 Å². The van der Waals surface area contributed by atoms with Gasteiger partial charge in [-0.15, -0.1) is 0 Å². The Kier molecular flexibility index (Phi) is 5.46. The van der Waals surface area contributed by atoms with Crippen LogP contribution >= 0.6 is 0 Å². The van der Waals surface area contributed by atoms with Crippen LogP contribution in [0, 0.1) is 0 Å². The third kappa shape index (κ3) is 4.43. The summed E-state index contributed by atoms with van der Waals surface area (Å²) in [4.78, 5) is 13.5. The standard InChI is InChI=1S/C24H25N9O2S/c1-36(34,35)33-12-10-32(11-13-33)19-6-4-17(5-7-19)28-24-29-22-20(8-9-25-22)23(30-24)27-18-3-2-16-15-26-31-21(16)14-18/h2-9,14-15H,10-13H2,1H3,(H,26,31)(H3,25,27,28,29,30)/p+1. The van der Waals surface area contributed by atoms with Crippen molar-refractivity contribution in [3.8, 4) is 0 Å². The normalized spacial score (nSPS) is 15.0. The van der Waals surface area contributed by atoms with Crippen LogP contribution in [-0.4, -0.2) is 65.3 Å². The van der Waals surface area contributed by atoms with E-state index in [2.05, 4.69) is 35.7 Å². The maximum atomic E-state index is 11.8. The molecule has 0 spiro atoms. The van der Waals surface area contributed by atoms with Crippen LogP contribution in [0.4, 0.5) is 28.8 Å². The van der Waals surface area contributed by atoms with Gasteiger partial charge < -0.3 is 10.2 Å². The number of fused-ring (bicyclic) bond motifs is 2. The molecule has 0 aliphatic carbocycles. The minimum Gasteiger partial charge on any atom is -0.369 e. The lowest BCUT2D eigenvalue weighted by Gasteiger charge is -2.34. The Labute approximate surface area is 207 Å². The average molecular weight is 505 g/mol. The Bertz CT molecular complexity index is 1640. The summed E-state index contributed by atoms with van der Waals surface area (Å²) in [7, 11) is -3.14. The van der Waals surface area contributed by atoms with Gasteiger partial charge in [-0.05, 0) is 48.5 Å². The molecule has 0 amide bonds. The summed E-state index contributed by atoms with van der Waals surface area (Å²) < 4.78 is 25.0. The number of hydrogen-bond donors (Lipinski definition) is 4. The topological polar surface area (TPSA) is 136 Å². The number of aromatic nitrogens is 5. The van der Waals surface area contributed by atoms with E-state index in [-0.39, 0.29) is 0 Å². The Morgan fingerprint density at radius 3 is 2.53 bits per heavy atom. The van der Waals surface area contributed by atoms with Crippen molar-refractivity contribution >= 4 is 60.8 Å². The molecule has 5 N–H and O–H groups in total. The number of benzene rings is 2. The second kappa shape index (κ2) is 8.81. The number of nitrogens with one attached hydrogen (secondary N) is 5. The number of aromatic amines is 3. The van der Waals surface area contributed by atoms with E-state index >= 15 is 0 Å². The van der Waals surface area contributed by atoms with Crippen LogP contribution in [0.15, 0.2) is 60.9 Å². The highest BCUT2D eigenvalue weighted by Crippen LogP contribution is 2.26. The molecule has 0 bridgehead atoms. The highest BCUT2D eigenvalue weighted by atomic mass is 32.2. The Hall–Kier alpha value is -4.16. The molecule has 0 radical (unpaired) electrons. The number of piperazine rings is 1. The van der Waals surface area contributed by atoms with Gasteiger partial charge in [0.15, 0.2) is 0 Å². The molecule has 184 valence electrons. The van der Waals surface area contributed by atoms with Gasteiger partial charge in [-0.3, -0.25) is 15.4 Å². The fraction of sp³-hybridized carbons (Fsp3) is 0.208. The highest BCUT2D eigenvalue weighted by molar-refractivity contribution is 7.88. The van der Waals surface area contributed by atoms with Gasteiger partial charge in [-0.2, -0.15) is 9.40 Å². The van der Waals surface area contributed by atoms with Gasteiger partial charge in [0, 0.05) is 49.1 Å². The first kappa shape index (κ1) is 22.3. The molecule has 0 unspecified atom stereocenters. The van der Waals surface area contributed by atoms with Crippen molar-refractivity contribution in [2.45, 2.75) is 0 Å². The maximum Gasteiger partial charge on any atom is 0.351 e. The zero-order valence-electron chi connectivity index (χ0n) is 19.6. The fourth-order valence-corrected chi connectivity index (χ4v) is 5.29. The van der Waals surface area contributed by atoms with Crippen molar-refractivity contribution < 1.29 is 13.4 Å². The van der Waals surface area contributed by atoms with Crippen molar-refractivity contribution in [1.29, 1.82) is 0 Å². The Balaban J connectivity index is 1.19. The third-order valence-corrected chi connectivity index (χ3v) is 7.68. The predicted octanol–water partition coefficient (Wildman–Crippen LogP) is 2.82.